The van der Waals surface area contributed by atoms with Gasteiger partial charge in [-0.05, 0) is 52.0 Å². The summed E-state index contributed by atoms with van der Waals surface area (Å²) in [7, 11) is 0. The number of para-hydroxylation sites is 3. The topological polar surface area (TPSA) is 67.7 Å². The van der Waals surface area contributed by atoms with E-state index in [2.05, 4.69) is 11.6 Å². The molecule has 34 heavy (non-hydrogen) atoms. The molecule has 2 heterocycles. The molecular formula is C26H31FN4O3. The molecule has 1 amide bonds. The van der Waals surface area contributed by atoms with Crippen molar-refractivity contribution in [3.05, 3.63) is 77.4 Å². The molecule has 0 bridgehead atoms. The molecule has 4 rings (SSSR count). The van der Waals surface area contributed by atoms with Crippen molar-refractivity contribution in [1.82, 2.24) is 14.5 Å². The van der Waals surface area contributed by atoms with Crippen LogP contribution < -0.4 is 10.5 Å². The lowest BCUT2D eigenvalue weighted by Gasteiger charge is -2.36. The zero-order valence-electron chi connectivity index (χ0n) is 20.1. The molecule has 0 unspecified atom stereocenters. The Morgan fingerprint density at radius 1 is 1.06 bits per heavy atom. The number of halogens is 1. The van der Waals surface area contributed by atoms with E-state index in [0.717, 1.165) is 0 Å². The lowest BCUT2D eigenvalue weighted by atomic mass is 10.2. The highest BCUT2D eigenvalue weighted by Crippen LogP contribution is 2.21. The molecule has 0 atom stereocenters. The molecule has 8 heteroatoms. The second kappa shape index (κ2) is 10.5. The van der Waals surface area contributed by atoms with Gasteiger partial charge in [0.1, 0.15) is 11.4 Å². The summed E-state index contributed by atoms with van der Waals surface area (Å²) in [5.41, 5.74) is 0.347. The number of hydrogen-bond donors (Lipinski definition) is 0. The predicted octanol–water partition coefficient (Wildman–Crippen LogP) is 4.77. The lowest BCUT2D eigenvalue weighted by molar-refractivity contribution is 0.0240. The highest BCUT2D eigenvalue weighted by atomic mass is 19.1. The molecular weight excluding hydrogens is 435 g/mol. The van der Waals surface area contributed by atoms with Gasteiger partial charge in [-0.3, -0.25) is 9.36 Å². The highest BCUT2D eigenvalue weighted by Gasteiger charge is 2.28. The Hall–Kier alpha value is -3.68. The number of allylic oxidation sites excluding steroid dienone is 1. The number of carbonyl (C=O) groups is 1. The van der Waals surface area contributed by atoms with Crippen molar-refractivity contribution in [3.8, 4) is 5.69 Å². The van der Waals surface area contributed by atoms with Crippen LogP contribution in [-0.4, -0.2) is 52.3 Å². The molecule has 0 saturated carbocycles. The number of aromatic nitrogens is 2. The smallest absolute Gasteiger partial charge is 0.410 e. The SMILES string of the molecule is C=CC.CC(C)(C)OC(=O)N1CCN(c2nc3ccccc3n(-c3ccccc3F)c2=O)CC1. The molecule has 1 aromatic heterocycles. The molecule has 1 aliphatic heterocycles. The zero-order valence-corrected chi connectivity index (χ0v) is 20.1. The molecule has 0 N–H and O–H groups in total. The summed E-state index contributed by atoms with van der Waals surface area (Å²) in [5, 5.41) is 0. The van der Waals surface area contributed by atoms with Gasteiger partial charge in [0.2, 0.25) is 0 Å². The third-order valence-corrected chi connectivity index (χ3v) is 5.07. The van der Waals surface area contributed by atoms with Crippen molar-refractivity contribution in [1.29, 1.82) is 0 Å². The Bertz CT molecular complexity index is 1220. The number of fused-ring (bicyclic) bond motifs is 1. The maximum Gasteiger partial charge on any atom is 0.410 e. The van der Waals surface area contributed by atoms with E-state index in [0.29, 0.717) is 37.2 Å². The second-order valence-electron chi connectivity index (χ2n) is 8.88. The van der Waals surface area contributed by atoms with Gasteiger partial charge in [-0.2, -0.15) is 0 Å². The van der Waals surface area contributed by atoms with E-state index in [-0.39, 0.29) is 17.6 Å². The molecule has 0 spiro atoms. The molecule has 180 valence electrons. The van der Waals surface area contributed by atoms with Crippen molar-refractivity contribution < 1.29 is 13.9 Å². The quantitative estimate of drug-likeness (QED) is 0.509. The van der Waals surface area contributed by atoms with Crippen LogP contribution in [0.2, 0.25) is 0 Å². The van der Waals surface area contributed by atoms with Gasteiger partial charge in [-0.15, -0.1) is 6.58 Å². The summed E-state index contributed by atoms with van der Waals surface area (Å²) in [6, 6.07) is 13.4. The molecule has 3 aromatic rings. The minimum atomic E-state index is -0.568. The first-order chi connectivity index (χ1) is 16.2. The van der Waals surface area contributed by atoms with Crippen molar-refractivity contribution in [2.24, 2.45) is 0 Å². The average molecular weight is 467 g/mol. The van der Waals surface area contributed by atoms with Crippen LogP contribution in [0.3, 0.4) is 0 Å². The van der Waals surface area contributed by atoms with Crippen LogP contribution in [0, 0.1) is 5.82 Å². The number of benzene rings is 2. The summed E-state index contributed by atoms with van der Waals surface area (Å²) in [6.45, 7) is 12.4. The minimum Gasteiger partial charge on any atom is -0.444 e. The van der Waals surface area contributed by atoms with Crippen LogP contribution >= 0.6 is 0 Å². The van der Waals surface area contributed by atoms with Crippen molar-refractivity contribution in [2.45, 2.75) is 33.3 Å². The summed E-state index contributed by atoms with van der Waals surface area (Å²) in [4.78, 5) is 33.8. The number of amides is 1. The number of ether oxygens (including phenoxy) is 1. The number of hydrogen-bond acceptors (Lipinski definition) is 5. The van der Waals surface area contributed by atoms with Crippen LogP contribution in [0.15, 0.2) is 66.0 Å². The maximum absolute atomic E-state index is 14.6. The van der Waals surface area contributed by atoms with E-state index in [1.165, 1.54) is 10.6 Å². The summed E-state index contributed by atoms with van der Waals surface area (Å²) < 4.78 is 21.4. The summed E-state index contributed by atoms with van der Waals surface area (Å²) in [6.07, 6.45) is 1.38. The third kappa shape index (κ3) is 5.62. The molecule has 2 aromatic carbocycles. The number of piperazine rings is 1. The molecule has 0 aliphatic carbocycles. The molecule has 1 fully saturated rings. The normalized spacial score (nSPS) is 13.8. The predicted molar refractivity (Wildman–Crippen MR) is 133 cm³/mol. The van der Waals surface area contributed by atoms with Crippen LogP contribution in [0.1, 0.15) is 27.7 Å². The average Bonchev–Trinajstić information content (AvgIpc) is 2.79. The van der Waals surface area contributed by atoms with Gasteiger partial charge in [0.15, 0.2) is 5.82 Å². The van der Waals surface area contributed by atoms with Gasteiger partial charge >= 0.3 is 6.09 Å². The van der Waals surface area contributed by atoms with E-state index in [9.17, 15) is 14.0 Å². The van der Waals surface area contributed by atoms with Gasteiger partial charge in [-0.1, -0.05) is 30.3 Å². The fourth-order valence-electron chi connectivity index (χ4n) is 3.62. The monoisotopic (exact) mass is 466 g/mol. The first-order valence-electron chi connectivity index (χ1n) is 11.2. The van der Waals surface area contributed by atoms with Crippen LogP contribution in [0.5, 0.6) is 0 Å². The van der Waals surface area contributed by atoms with Crippen LogP contribution in [-0.2, 0) is 4.74 Å². The van der Waals surface area contributed by atoms with Crippen molar-refractivity contribution in [2.75, 3.05) is 31.1 Å². The molecule has 0 radical (unpaired) electrons. The van der Waals surface area contributed by atoms with Gasteiger partial charge in [0, 0.05) is 26.2 Å². The summed E-state index contributed by atoms with van der Waals surface area (Å²) in [5.74, 6) is -0.243. The van der Waals surface area contributed by atoms with Gasteiger partial charge < -0.3 is 14.5 Å². The maximum atomic E-state index is 14.6. The number of carbonyl (C=O) groups excluding carboxylic acids is 1. The highest BCUT2D eigenvalue weighted by molar-refractivity contribution is 5.78. The van der Waals surface area contributed by atoms with Gasteiger partial charge in [0.25, 0.3) is 5.56 Å². The third-order valence-electron chi connectivity index (χ3n) is 5.07. The lowest BCUT2D eigenvalue weighted by Crippen LogP contribution is -2.51. The Morgan fingerprint density at radius 3 is 2.26 bits per heavy atom. The Morgan fingerprint density at radius 2 is 1.65 bits per heavy atom. The first-order valence-corrected chi connectivity index (χ1v) is 11.2. The number of anilines is 1. The standard InChI is InChI=1S/C23H25FN4O3.C3H6/c1-23(2,3)31-22(30)27-14-12-26(13-15-27)20-21(29)28(18-10-6-4-8-16(18)24)19-11-7-5-9-17(19)25-20;1-3-2/h4-11H,12-15H2,1-3H3;3H,1H2,2H3. The van der Waals surface area contributed by atoms with Crippen LogP contribution in [0.25, 0.3) is 16.7 Å². The van der Waals surface area contributed by atoms with E-state index in [1.807, 2.05) is 38.7 Å². The van der Waals surface area contributed by atoms with Crippen LogP contribution in [0.4, 0.5) is 15.0 Å². The number of nitrogens with zero attached hydrogens (tertiary/aromatic N) is 4. The van der Waals surface area contributed by atoms with E-state index >= 15 is 0 Å². The number of rotatable bonds is 2. The Balaban J connectivity index is 0.00000103. The molecule has 1 aliphatic rings. The first kappa shape index (κ1) is 25.0. The fourth-order valence-corrected chi connectivity index (χ4v) is 3.62. The van der Waals surface area contributed by atoms with Crippen molar-refractivity contribution in [3.63, 3.8) is 0 Å². The fraction of sp³-hybridized carbons (Fsp3) is 0.346. The Labute approximate surface area is 199 Å². The largest absolute Gasteiger partial charge is 0.444 e. The van der Waals surface area contributed by atoms with E-state index in [1.54, 1.807) is 47.4 Å². The zero-order chi connectivity index (χ0) is 24.9. The van der Waals surface area contributed by atoms with Gasteiger partial charge in [0.05, 0.1) is 16.7 Å². The van der Waals surface area contributed by atoms with E-state index in [4.69, 9.17) is 4.74 Å². The van der Waals surface area contributed by atoms with Gasteiger partial charge in [-0.25, -0.2) is 14.2 Å². The summed E-state index contributed by atoms with van der Waals surface area (Å²) >= 11 is 0. The second-order valence-corrected chi connectivity index (χ2v) is 8.88. The van der Waals surface area contributed by atoms with Crippen molar-refractivity contribution >= 4 is 22.9 Å². The minimum absolute atomic E-state index is 0.180. The molecule has 1 saturated heterocycles. The van der Waals surface area contributed by atoms with E-state index < -0.39 is 17.0 Å². The molecule has 7 nitrogen and oxygen atoms in total. The Kier molecular flexibility index (Phi) is 7.71.